The molecule has 0 aliphatic rings. The van der Waals surface area contributed by atoms with E-state index in [1.54, 1.807) is 0 Å². The third-order valence-corrected chi connectivity index (χ3v) is 8.23. The highest BCUT2D eigenvalue weighted by molar-refractivity contribution is 7.75. The summed E-state index contributed by atoms with van der Waals surface area (Å²) in [5.41, 5.74) is 0. The van der Waals surface area contributed by atoms with Crippen LogP contribution in [0.2, 0.25) is 0 Å². The van der Waals surface area contributed by atoms with Crippen molar-refractivity contribution >= 4 is 15.3 Å². The van der Waals surface area contributed by atoms with Gasteiger partial charge >= 0.3 is 0 Å². The lowest BCUT2D eigenvalue weighted by molar-refractivity contribution is -0.164. The molecular weight excluding hydrogens is 214 g/mol. The summed E-state index contributed by atoms with van der Waals surface area (Å²) in [5, 5.41) is 0. The summed E-state index contributed by atoms with van der Waals surface area (Å²) < 4.78 is 9.67. The van der Waals surface area contributed by atoms with Gasteiger partial charge in [-0.3, -0.25) is 0 Å². The van der Waals surface area contributed by atoms with Gasteiger partial charge in [0.15, 0.2) is 0 Å². The largest absolute Gasteiger partial charge is 0.802 e. The van der Waals surface area contributed by atoms with Crippen LogP contribution in [0.25, 0.3) is 0 Å². The Morgan fingerprint density at radius 2 is 1.43 bits per heavy atom. The summed E-state index contributed by atoms with van der Waals surface area (Å²) in [6.45, 7) is 11.3. The van der Waals surface area contributed by atoms with Gasteiger partial charge in [0.2, 0.25) is 0 Å². The van der Waals surface area contributed by atoms with Crippen LogP contribution in [0.5, 0.6) is 0 Å². The van der Waals surface area contributed by atoms with E-state index in [2.05, 4.69) is 27.4 Å². The number of rotatable bonds is 5. The van der Waals surface area contributed by atoms with Crippen LogP contribution < -0.4 is 4.89 Å². The lowest BCUT2D eigenvalue weighted by Gasteiger charge is -2.16. The molecule has 0 rings (SSSR count). The topological polar surface area (TPSA) is 40.1 Å². The van der Waals surface area contributed by atoms with Crippen LogP contribution in [-0.2, 0) is 4.57 Å². The fraction of sp³-hybridized carbons (Fsp3) is 1.00. The molecule has 0 aromatic carbocycles. The molecule has 14 heavy (non-hydrogen) atoms. The van der Waals surface area contributed by atoms with Crippen molar-refractivity contribution in [3.05, 3.63) is 0 Å². The lowest BCUT2D eigenvalue weighted by atomic mass is 10.6. The second-order valence-corrected chi connectivity index (χ2v) is 10.1. The van der Waals surface area contributed by atoms with Crippen LogP contribution in [-0.4, -0.2) is 31.3 Å². The predicted octanol–water partition coefficient (Wildman–Crippen LogP) is 2.92. The van der Waals surface area contributed by atoms with E-state index in [0.717, 1.165) is 6.42 Å². The quantitative estimate of drug-likeness (QED) is 0.693. The maximum atomic E-state index is 9.67. The second kappa shape index (κ2) is 10.1. The van der Waals surface area contributed by atoms with Gasteiger partial charge < -0.3 is 9.46 Å². The Bertz CT molecular complexity index is 137. The third kappa shape index (κ3) is 10.7. The van der Waals surface area contributed by atoms with Crippen molar-refractivity contribution in [2.45, 2.75) is 34.1 Å². The van der Waals surface area contributed by atoms with E-state index in [0.29, 0.717) is 6.16 Å². The Hall–Kier alpha value is 0.620. The molecular formula is C10H26O2P2. The van der Waals surface area contributed by atoms with Crippen LogP contribution in [0.4, 0.5) is 0 Å². The van der Waals surface area contributed by atoms with E-state index in [1.165, 1.54) is 18.5 Å². The summed E-state index contributed by atoms with van der Waals surface area (Å²) in [7, 11) is -2.80. The van der Waals surface area contributed by atoms with Gasteiger partial charge in [0.1, 0.15) is 0 Å². The average molecular weight is 240 g/mol. The maximum absolute atomic E-state index is 9.67. The van der Waals surface area contributed by atoms with Gasteiger partial charge in [0.05, 0.1) is 18.5 Å². The number of hydrogen-bond donors (Lipinski definition) is 0. The fourth-order valence-electron chi connectivity index (χ4n) is 0.875. The smallest absolute Gasteiger partial charge is 0.0563 e. The van der Waals surface area contributed by atoms with Gasteiger partial charge in [0, 0.05) is 22.0 Å². The highest BCUT2D eigenvalue weighted by Gasteiger charge is 2.22. The predicted molar refractivity (Wildman–Crippen MR) is 68.6 cm³/mol. The molecule has 0 amide bonds. The van der Waals surface area contributed by atoms with E-state index in [4.69, 9.17) is 0 Å². The first-order valence-corrected chi connectivity index (χ1v) is 9.80. The molecule has 0 fully saturated rings. The van der Waals surface area contributed by atoms with Crippen LogP contribution in [0, 0.1) is 0 Å². The molecule has 0 aromatic rings. The molecule has 88 valence electrons. The normalized spacial score (nSPS) is 13.0. The first-order chi connectivity index (χ1) is 6.45. The van der Waals surface area contributed by atoms with Crippen LogP contribution in [0.1, 0.15) is 34.1 Å². The first kappa shape index (κ1) is 17.0. The first-order valence-electron chi connectivity index (χ1n) is 5.49. The molecule has 0 heterocycles. The summed E-state index contributed by atoms with van der Waals surface area (Å²) in [4.78, 5) is 9.67. The SMILES string of the molecule is CCC[PH](=O)[O-].CC[P+](C)(CC)CC. The molecule has 0 aliphatic heterocycles. The summed E-state index contributed by atoms with van der Waals surface area (Å²) >= 11 is 0. The summed E-state index contributed by atoms with van der Waals surface area (Å²) in [5.74, 6) is 0. The molecule has 1 atom stereocenters. The molecule has 0 saturated heterocycles. The van der Waals surface area contributed by atoms with Gasteiger partial charge in [-0.2, -0.15) is 0 Å². The Morgan fingerprint density at radius 3 is 1.43 bits per heavy atom. The van der Waals surface area contributed by atoms with Crippen LogP contribution in [0.15, 0.2) is 0 Å². The van der Waals surface area contributed by atoms with E-state index in [9.17, 15) is 9.46 Å². The molecule has 0 aromatic heterocycles. The zero-order valence-electron chi connectivity index (χ0n) is 10.3. The lowest BCUT2D eigenvalue weighted by Crippen LogP contribution is -1.98. The van der Waals surface area contributed by atoms with Gasteiger partial charge in [-0.15, -0.1) is 0 Å². The van der Waals surface area contributed by atoms with Crippen molar-refractivity contribution in [1.82, 2.24) is 0 Å². The van der Waals surface area contributed by atoms with E-state index >= 15 is 0 Å². The van der Waals surface area contributed by atoms with Crippen molar-refractivity contribution in [1.29, 1.82) is 0 Å². The number of hydrogen-bond acceptors (Lipinski definition) is 2. The maximum Gasteiger partial charge on any atom is 0.0563 e. The highest BCUT2D eigenvalue weighted by atomic mass is 31.2. The van der Waals surface area contributed by atoms with Gasteiger partial charge in [0.25, 0.3) is 0 Å². The molecule has 1 unspecified atom stereocenters. The van der Waals surface area contributed by atoms with Crippen molar-refractivity contribution in [2.24, 2.45) is 0 Å². The van der Waals surface area contributed by atoms with Crippen molar-refractivity contribution < 1.29 is 9.46 Å². The molecule has 0 N–H and O–H groups in total. The average Bonchev–Trinajstić information content (AvgIpc) is 2.17. The molecule has 0 radical (unpaired) electrons. The Labute approximate surface area is 90.7 Å². The van der Waals surface area contributed by atoms with Gasteiger partial charge in [-0.05, 0) is 26.9 Å². The minimum atomic E-state index is -2.39. The van der Waals surface area contributed by atoms with Gasteiger partial charge in [-0.25, -0.2) is 0 Å². The Kier molecular flexibility index (Phi) is 12.3. The molecule has 0 saturated carbocycles. The van der Waals surface area contributed by atoms with E-state index < -0.39 is 15.3 Å². The zero-order valence-corrected chi connectivity index (χ0v) is 12.2. The fourth-order valence-corrected chi connectivity index (χ4v) is 2.62. The molecule has 0 bridgehead atoms. The van der Waals surface area contributed by atoms with Gasteiger partial charge in [-0.1, -0.05) is 13.3 Å². The van der Waals surface area contributed by atoms with Crippen LogP contribution in [0.3, 0.4) is 0 Å². The Morgan fingerprint density at radius 1 is 1.07 bits per heavy atom. The minimum absolute atomic E-state index is 0.366. The third-order valence-electron chi connectivity index (χ3n) is 2.74. The van der Waals surface area contributed by atoms with Crippen molar-refractivity contribution in [3.63, 3.8) is 0 Å². The monoisotopic (exact) mass is 240 g/mol. The molecule has 0 aliphatic carbocycles. The molecule has 4 heteroatoms. The summed E-state index contributed by atoms with van der Waals surface area (Å²) in [6, 6.07) is 0. The minimum Gasteiger partial charge on any atom is -0.802 e. The second-order valence-electron chi connectivity index (χ2n) is 3.69. The van der Waals surface area contributed by atoms with E-state index in [-0.39, 0.29) is 0 Å². The Balaban J connectivity index is 0. The molecule has 2 nitrogen and oxygen atoms in total. The highest BCUT2D eigenvalue weighted by Crippen LogP contribution is 2.53. The molecule has 0 spiro atoms. The van der Waals surface area contributed by atoms with Crippen molar-refractivity contribution in [3.8, 4) is 0 Å². The van der Waals surface area contributed by atoms with E-state index in [1.807, 2.05) is 6.92 Å². The van der Waals surface area contributed by atoms with Crippen LogP contribution >= 0.6 is 15.3 Å². The zero-order chi connectivity index (χ0) is 11.6. The van der Waals surface area contributed by atoms with Crippen molar-refractivity contribution in [2.75, 3.05) is 31.3 Å². The standard InChI is InChI=1S/C7H18P.C3H9O2P/c1-5-8(4,6-2)7-3;1-2-3-6(4)5/h5-7H2,1-4H3;6H,2-3H2,1H3,(H,4,5)/q+1;/p-1. The summed E-state index contributed by atoms with van der Waals surface area (Å²) in [6.07, 6.45) is 5.41.